The quantitative estimate of drug-likeness (QED) is 0.732. The van der Waals surface area contributed by atoms with Gasteiger partial charge in [0.15, 0.2) is 9.84 Å². The van der Waals surface area contributed by atoms with E-state index in [2.05, 4.69) is 15.3 Å². The zero-order chi connectivity index (χ0) is 18.7. The van der Waals surface area contributed by atoms with E-state index in [1.165, 1.54) is 24.3 Å². The fourth-order valence-electron chi connectivity index (χ4n) is 2.34. The van der Waals surface area contributed by atoms with Crippen molar-refractivity contribution in [3.63, 3.8) is 0 Å². The molecule has 2 N–H and O–H groups in total. The Balaban J connectivity index is 1.86. The zero-order valence-electron chi connectivity index (χ0n) is 13.8. The van der Waals surface area contributed by atoms with Crippen LogP contribution in [-0.4, -0.2) is 30.5 Å². The normalized spacial score (nSPS) is 11.1. The Morgan fingerprint density at radius 1 is 1.04 bits per heavy atom. The van der Waals surface area contributed by atoms with Gasteiger partial charge in [0, 0.05) is 36.0 Å². The molecule has 7 nitrogen and oxygen atoms in total. The van der Waals surface area contributed by atoms with Crippen molar-refractivity contribution in [3.8, 4) is 11.1 Å². The lowest BCUT2D eigenvalue weighted by atomic mass is 10.1. The van der Waals surface area contributed by atoms with Crippen molar-refractivity contribution >= 4 is 21.4 Å². The van der Waals surface area contributed by atoms with Crippen LogP contribution in [-0.2, 0) is 9.84 Å². The second-order valence-corrected chi connectivity index (χ2v) is 7.63. The molecule has 0 aliphatic rings. The molecule has 0 spiro atoms. The Hall–Kier alpha value is -3.26. The van der Waals surface area contributed by atoms with E-state index >= 15 is 0 Å². The number of nitrogens with zero attached hydrogens (tertiary/aromatic N) is 1. The summed E-state index contributed by atoms with van der Waals surface area (Å²) in [6.45, 7) is 0. The molecule has 2 heterocycles. The van der Waals surface area contributed by atoms with E-state index in [9.17, 15) is 18.0 Å². The van der Waals surface area contributed by atoms with Gasteiger partial charge in [0.25, 0.3) is 11.5 Å². The first-order valence-corrected chi connectivity index (χ1v) is 9.48. The second-order valence-electron chi connectivity index (χ2n) is 5.62. The Morgan fingerprint density at radius 2 is 1.69 bits per heavy atom. The molecule has 0 fully saturated rings. The highest BCUT2D eigenvalue weighted by Crippen LogP contribution is 2.19. The minimum Gasteiger partial charge on any atom is -0.327 e. The van der Waals surface area contributed by atoms with Gasteiger partial charge in [-0.2, -0.15) is 0 Å². The van der Waals surface area contributed by atoms with E-state index in [1.807, 2.05) is 0 Å². The second kappa shape index (κ2) is 6.93. The van der Waals surface area contributed by atoms with Crippen LogP contribution >= 0.6 is 0 Å². The third-order valence-electron chi connectivity index (χ3n) is 3.71. The molecule has 2 aromatic heterocycles. The van der Waals surface area contributed by atoms with Crippen LogP contribution in [0.15, 0.2) is 70.7 Å². The Bertz CT molecular complexity index is 1110. The molecule has 1 aromatic carbocycles. The lowest BCUT2D eigenvalue weighted by Gasteiger charge is -2.07. The minimum absolute atomic E-state index is 0.0940. The number of sulfone groups is 1. The van der Waals surface area contributed by atoms with Gasteiger partial charge < -0.3 is 10.3 Å². The summed E-state index contributed by atoms with van der Waals surface area (Å²) < 4.78 is 22.9. The summed E-state index contributed by atoms with van der Waals surface area (Å²) in [5, 5.41) is 2.55. The predicted molar refractivity (Wildman–Crippen MR) is 97.8 cm³/mol. The largest absolute Gasteiger partial charge is 0.327 e. The summed E-state index contributed by atoms with van der Waals surface area (Å²) in [6, 6.07) is 10.6. The number of rotatable bonds is 4. The maximum atomic E-state index is 12.4. The molecule has 0 atom stereocenters. The summed E-state index contributed by atoms with van der Waals surface area (Å²) in [7, 11) is -3.34. The molecule has 26 heavy (non-hydrogen) atoms. The van der Waals surface area contributed by atoms with Crippen LogP contribution in [0.4, 0.5) is 5.69 Å². The molecule has 0 saturated heterocycles. The van der Waals surface area contributed by atoms with Crippen LogP contribution in [0.2, 0.25) is 0 Å². The Kier molecular flexibility index (Phi) is 4.68. The van der Waals surface area contributed by atoms with E-state index in [0.717, 1.165) is 17.4 Å². The first-order valence-electron chi connectivity index (χ1n) is 7.59. The monoisotopic (exact) mass is 369 g/mol. The number of anilines is 1. The maximum Gasteiger partial charge on any atom is 0.271 e. The number of hydrogen-bond donors (Lipinski definition) is 2. The van der Waals surface area contributed by atoms with Crippen LogP contribution in [0, 0.1) is 0 Å². The van der Waals surface area contributed by atoms with Crippen LogP contribution in [0.5, 0.6) is 0 Å². The van der Waals surface area contributed by atoms with Crippen molar-refractivity contribution in [3.05, 3.63) is 77.0 Å². The molecule has 8 heteroatoms. The van der Waals surface area contributed by atoms with Crippen LogP contribution in [0.3, 0.4) is 0 Å². The van der Waals surface area contributed by atoms with Crippen molar-refractivity contribution in [2.24, 2.45) is 0 Å². The lowest BCUT2D eigenvalue weighted by Crippen LogP contribution is -2.19. The molecule has 0 bridgehead atoms. The number of pyridine rings is 2. The van der Waals surface area contributed by atoms with E-state index in [0.29, 0.717) is 0 Å². The molecule has 3 aromatic rings. The molecular formula is C18H15N3O4S. The number of hydrogen-bond acceptors (Lipinski definition) is 5. The van der Waals surface area contributed by atoms with Crippen molar-refractivity contribution in [2.45, 2.75) is 4.90 Å². The summed E-state index contributed by atoms with van der Waals surface area (Å²) >= 11 is 0. The molecule has 3 rings (SSSR count). The zero-order valence-corrected chi connectivity index (χ0v) is 14.6. The number of aromatic amines is 1. The van der Waals surface area contributed by atoms with Gasteiger partial charge in [0.05, 0.1) is 4.90 Å². The first-order chi connectivity index (χ1) is 12.3. The summed E-state index contributed by atoms with van der Waals surface area (Å²) in [6.07, 6.45) is 5.89. The van der Waals surface area contributed by atoms with E-state index in [4.69, 9.17) is 0 Å². The van der Waals surface area contributed by atoms with Gasteiger partial charge in [0.2, 0.25) is 0 Å². The molecule has 0 unspecified atom stereocenters. The van der Waals surface area contributed by atoms with Gasteiger partial charge in [0.1, 0.15) is 5.69 Å². The molecule has 0 aliphatic heterocycles. The SMILES string of the molecule is CS(=O)(=O)c1ccc(C(=O)Nc2cc(-c3ccncc3)c[nH]c2=O)cc1. The molecule has 132 valence electrons. The molecule has 0 radical (unpaired) electrons. The Morgan fingerprint density at radius 3 is 2.31 bits per heavy atom. The number of carbonyl (C=O) groups is 1. The highest BCUT2D eigenvalue weighted by atomic mass is 32.2. The number of H-pyrrole nitrogens is 1. The van der Waals surface area contributed by atoms with E-state index in [1.54, 1.807) is 36.8 Å². The third kappa shape index (κ3) is 3.86. The van der Waals surface area contributed by atoms with Gasteiger partial charge in [-0.15, -0.1) is 0 Å². The smallest absolute Gasteiger partial charge is 0.271 e. The number of amides is 1. The van der Waals surface area contributed by atoms with Crippen molar-refractivity contribution < 1.29 is 13.2 Å². The topological polar surface area (TPSA) is 109 Å². The number of carbonyl (C=O) groups excluding carboxylic acids is 1. The van der Waals surface area contributed by atoms with Crippen LogP contribution in [0.1, 0.15) is 10.4 Å². The van der Waals surface area contributed by atoms with Crippen LogP contribution in [0.25, 0.3) is 11.1 Å². The summed E-state index contributed by atoms with van der Waals surface area (Å²) in [5.74, 6) is -0.512. The third-order valence-corrected chi connectivity index (χ3v) is 4.84. The van der Waals surface area contributed by atoms with Gasteiger partial charge in [-0.1, -0.05) is 0 Å². The number of aromatic nitrogens is 2. The van der Waals surface area contributed by atoms with Gasteiger partial charge in [-0.3, -0.25) is 14.6 Å². The summed E-state index contributed by atoms with van der Waals surface area (Å²) in [5.41, 5.74) is 1.45. The average Bonchev–Trinajstić information content (AvgIpc) is 2.63. The fourth-order valence-corrected chi connectivity index (χ4v) is 2.97. The van der Waals surface area contributed by atoms with Gasteiger partial charge in [-0.05, 0) is 48.0 Å². The fraction of sp³-hybridized carbons (Fsp3) is 0.0556. The van der Waals surface area contributed by atoms with Gasteiger partial charge >= 0.3 is 0 Å². The molecule has 0 aliphatic carbocycles. The predicted octanol–water partition coefficient (Wildman–Crippen LogP) is 2.09. The highest BCUT2D eigenvalue weighted by Gasteiger charge is 2.12. The van der Waals surface area contributed by atoms with Crippen molar-refractivity contribution in [1.29, 1.82) is 0 Å². The lowest BCUT2D eigenvalue weighted by molar-refractivity contribution is 0.102. The van der Waals surface area contributed by atoms with Crippen molar-refractivity contribution in [1.82, 2.24) is 9.97 Å². The first kappa shape index (κ1) is 17.6. The van der Waals surface area contributed by atoms with Gasteiger partial charge in [-0.25, -0.2) is 8.42 Å². The van der Waals surface area contributed by atoms with Crippen LogP contribution < -0.4 is 10.9 Å². The minimum atomic E-state index is -3.34. The molecule has 1 amide bonds. The van der Waals surface area contributed by atoms with E-state index < -0.39 is 21.3 Å². The Labute approximate surface area is 149 Å². The molecule has 0 saturated carbocycles. The highest BCUT2D eigenvalue weighted by molar-refractivity contribution is 7.90. The number of nitrogens with one attached hydrogen (secondary N) is 2. The summed E-state index contributed by atoms with van der Waals surface area (Å²) in [4.78, 5) is 31.0. The standard InChI is InChI=1S/C18H15N3O4S/c1-26(24,25)15-4-2-13(3-5-15)17(22)21-16-10-14(11-20-18(16)23)12-6-8-19-9-7-12/h2-11H,1H3,(H,20,23)(H,21,22). The maximum absolute atomic E-state index is 12.4. The number of benzene rings is 1. The average molecular weight is 369 g/mol. The molecular weight excluding hydrogens is 354 g/mol. The van der Waals surface area contributed by atoms with E-state index in [-0.39, 0.29) is 16.1 Å². The van der Waals surface area contributed by atoms with Crippen molar-refractivity contribution in [2.75, 3.05) is 11.6 Å².